The van der Waals surface area contributed by atoms with Crippen LogP contribution < -0.4 is 16.0 Å². The van der Waals surface area contributed by atoms with E-state index in [0.717, 1.165) is 56.6 Å². The number of piperidine rings is 1. The quantitative estimate of drug-likeness (QED) is 0.675. The number of benzene rings is 1. The zero-order chi connectivity index (χ0) is 19.2. The largest absolute Gasteiger partial charge is 0.354 e. The Morgan fingerprint density at radius 3 is 2.79 bits per heavy atom. The van der Waals surface area contributed by atoms with Gasteiger partial charge >= 0.3 is 0 Å². The molecular formula is C21H33ClN4O2. The molecule has 3 N–H and O–H groups in total. The zero-order valence-corrected chi connectivity index (χ0v) is 17.7. The average molecular weight is 409 g/mol. The SMILES string of the molecule is Cc1cccc(NC(=O)CN2CCCC(CNC(=O)C3CCCN3)C2)c1C.Cl. The van der Waals surface area contributed by atoms with Crippen molar-refractivity contribution in [3.8, 4) is 0 Å². The highest BCUT2D eigenvalue weighted by Gasteiger charge is 2.25. The second-order valence-corrected chi connectivity index (χ2v) is 7.93. The third-order valence-electron chi connectivity index (χ3n) is 5.79. The molecule has 2 atom stereocenters. The first-order valence-electron chi connectivity index (χ1n) is 10.1. The van der Waals surface area contributed by atoms with Crippen LogP contribution in [-0.2, 0) is 9.59 Å². The lowest BCUT2D eigenvalue weighted by molar-refractivity contribution is -0.123. The van der Waals surface area contributed by atoms with Crippen molar-refractivity contribution in [2.45, 2.75) is 45.6 Å². The number of amides is 2. The van der Waals surface area contributed by atoms with Gasteiger partial charge in [0.1, 0.15) is 0 Å². The molecule has 0 spiro atoms. The van der Waals surface area contributed by atoms with E-state index in [1.54, 1.807) is 0 Å². The highest BCUT2D eigenvalue weighted by atomic mass is 35.5. The molecule has 0 radical (unpaired) electrons. The Morgan fingerprint density at radius 1 is 1.21 bits per heavy atom. The van der Waals surface area contributed by atoms with Crippen LogP contribution in [0.1, 0.15) is 36.8 Å². The molecule has 0 aromatic heterocycles. The molecule has 0 aliphatic carbocycles. The number of aryl methyl sites for hydroxylation is 1. The first-order valence-corrected chi connectivity index (χ1v) is 10.1. The Hall–Kier alpha value is -1.63. The maximum atomic E-state index is 12.5. The summed E-state index contributed by atoms with van der Waals surface area (Å²) in [6.45, 7) is 7.92. The van der Waals surface area contributed by atoms with E-state index in [-0.39, 0.29) is 30.3 Å². The summed E-state index contributed by atoms with van der Waals surface area (Å²) in [6.07, 6.45) is 4.18. The highest BCUT2D eigenvalue weighted by Crippen LogP contribution is 2.19. The number of nitrogens with one attached hydrogen (secondary N) is 3. The van der Waals surface area contributed by atoms with E-state index in [1.807, 2.05) is 19.1 Å². The molecule has 2 heterocycles. The summed E-state index contributed by atoms with van der Waals surface area (Å²) in [5, 5.41) is 9.37. The minimum atomic E-state index is -0.0203. The average Bonchev–Trinajstić information content (AvgIpc) is 3.19. The van der Waals surface area contributed by atoms with E-state index >= 15 is 0 Å². The predicted molar refractivity (Wildman–Crippen MR) is 115 cm³/mol. The summed E-state index contributed by atoms with van der Waals surface area (Å²) in [5.74, 6) is 0.568. The van der Waals surface area contributed by atoms with Gasteiger partial charge in [0.05, 0.1) is 12.6 Å². The summed E-state index contributed by atoms with van der Waals surface area (Å²) in [7, 11) is 0. The first-order chi connectivity index (χ1) is 13.0. The second kappa shape index (κ2) is 10.8. The van der Waals surface area contributed by atoms with Gasteiger partial charge in [-0.05, 0) is 75.7 Å². The van der Waals surface area contributed by atoms with Crippen LogP contribution in [0.15, 0.2) is 18.2 Å². The molecule has 2 unspecified atom stereocenters. The molecule has 0 saturated carbocycles. The molecule has 6 nitrogen and oxygen atoms in total. The molecule has 2 saturated heterocycles. The van der Waals surface area contributed by atoms with E-state index in [1.165, 1.54) is 5.56 Å². The minimum absolute atomic E-state index is 0. The monoisotopic (exact) mass is 408 g/mol. The maximum Gasteiger partial charge on any atom is 0.238 e. The highest BCUT2D eigenvalue weighted by molar-refractivity contribution is 5.93. The molecule has 2 amide bonds. The van der Waals surface area contributed by atoms with Crippen molar-refractivity contribution in [1.29, 1.82) is 0 Å². The van der Waals surface area contributed by atoms with Crippen molar-refractivity contribution >= 4 is 29.9 Å². The Kier molecular flexibility index (Phi) is 8.73. The van der Waals surface area contributed by atoms with Gasteiger partial charge in [-0.2, -0.15) is 0 Å². The van der Waals surface area contributed by atoms with Crippen molar-refractivity contribution in [3.05, 3.63) is 29.3 Å². The fourth-order valence-electron chi connectivity index (χ4n) is 4.02. The number of rotatable bonds is 6. The number of carbonyl (C=O) groups is 2. The second-order valence-electron chi connectivity index (χ2n) is 7.93. The number of hydrogen-bond acceptors (Lipinski definition) is 4. The van der Waals surface area contributed by atoms with E-state index in [0.29, 0.717) is 19.0 Å². The van der Waals surface area contributed by atoms with Crippen molar-refractivity contribution in [3.63, 3.8) is 0 Å². The number of halogens is 1. The molecule has 2 aliphatic heterocycles. The molecule has 3 rings (SSSR count). The number of nitrogens with zero attached hydrogens (tertiary/aromatic N) is 1. The van der Waals surface area contributed by atoms with Crippen LogP contribution in [0.2, 0.25) is 0 Å². The van der Waals surface area contributed by atoms with Gasteiger partial charge in [0.15, 0.2) is 0 Å². The van der Waals surface area contributed by atoms with Gasteiger partial charge in [-0.25, -0.2) is 0 Å². The fraction of sp³-hybridized carbons (Fsp3) is 0.619. The fourth-order valence-corrected chi connectivity index (χ4v) is 4.02. The van der Waals surface area contributed by atoms with E-state index < -0.39 is 0 Å². The third kappa shape index (κ3) is 6.19. The minimum Gasteiger partial charge on any atom is -0.354 e. The summed E-state index contributed by atoms with van der Waals surface area (Å²) >= 11 is 0. The van der Waals surface area contributed by atoms with Crippen LogP contribution in [0.3, 0.4) is 0 Å². The molecule has 7 heteroatoms. The van der Waals surface area contributed by atoms with Crippen molar-refractivity contribution < 1.29 is 9.59 Å². The van der Waals surface area contributed by atoms with Crippen LogP contribution >= 0.6 is 12.4 Å². The maximum absolute atomic E-state index is 12.5. The van der Waals surface area contributed by atoms with Crippen LogP contribution in [0, 0.1) is 19.8 Å². The standard InChI is InChI=1S/C21H32N4O2.ClH/c1-15-6-3-8-18(16(15)2)24-20(26)14-25-11-5-7-17(13-25)12-23-21(27)19-9-4-10-22-19;/h3,6,8,17,19,22H,4-5,7,9-14H2,1-2H3,(H,23,27)(H,24,26);1H. The van der Waals surface area contributed by atoms with Crippen molar-refractivity contribution in [2.24, 2.45) is 5.92 Å². The topological polar surface area (TPSA) is 73.5 Å². The van der Waals surface area contributed by atoms with E-state index in [4.69, 9.17) is 0 Å². The van der Waals surface area contributed by atoms with Gasteiger partial charge in [0.2, 0.25) is 11.8 Å². The lowest BCUT2D eigenvalue weighted by atomic mass is 9.97. The Balaban J connectivity index is 0.00000280. The van der Waals surface area contributed by atoms with Crippen LogP contribution in [0.4, 0.5) is 5.69 Å². The van der Waals surface area contributed by atoms with Crippen molar-refractivity contribution in [2.75, 3.05) is 38.0 Å². The summed E-state index contributed by atoms with van der Waals surface area (Å²) < 4.78 is 0. The lowest BCUT2D eigenvalue weighted by Crippen LogP contribution is -2.46. The van der Waals surface area contributed by atoms with Gasteiger partial charge < -0.3 is 16.0 Å². The Morgan fingerprint density at radius 2 is 2.04 bits per heavy atom. The Bertz CT molecular complexity index is 676. The van der Waals surface area contributed by atoms with E-state index in [2.05, 4.69) is 33.8 Å². The van der Waals surface area contributed by atoms with Gasteiger partial charge in [-0.1, -0.05) is 12.1 Å². The van der Waals surface area contributed by atoms with Crippen LogP contribution in [0.5, 0.6) is 0 Å². The number of anilines is 1. The molecule has 1 aromatic carbocycles. The van der Waals surface area contributed by atoms with Crippen LogP contribution in [-0.4, -0.2) is 55.5 Å². The normalized spacial score (nSPS) is 22.4. The summed E-state index contributed by atoms with van der Waals surface area (Å²) in [4.78, 5) is 26.8. The molecule has 28 heavy (non-hydrogen) atoms. The number of hydrogen-bond donors (Lipinski definition) is 3. The van der Waals surface area contributed by atoms with E-state index in [9.17, 15) is 9.59 Å². The van der Waals surface area contributed by atoms with Crippen molar-refractivity contribution in [1.82, 2.24) is 15.5 Å². The third-order valence-corrected chi connectivity index (χ3v) is 5.79. The predicted octanol–water partition coefficient (Wildman–Crippen LogP) is 2.24. The molecule has 1 aromatic rings. The van der Waals surface area contributed by atoms with Gasteiger partial charge in [0.25, 0.3) is 0 Å². The summed E-state index contributed by atoms with van der Waals surface area (Å²) in [6, 6.07) is 5.95. The molecular weight excluding hydrogens is 376 g/mol. The molecule has 156 valence electrons. The summed E-state index contributed by atoms with van der Waals surface area (Å²) in [5.41, 5.74) is 3.19. The molecule has 2 aliphatic rings. The van der Waals surface area contributed by atoms with Gasteiger partial charge in [-0.3, -0.25) is 14.5 Å². The molecule has 0 bridgehead atoms. The number of likely N-dealkylation sites (tertiary alicyclic amines) is 1. The zero-order valence-electron chi connectivity index (χ0n) is 16.9. The Labute approximate surface area is 174 Å². The van der Waals surface area contributed by atoms with Gasteiger partial charge in [-0.15, -0.1) is 12.4 Å². The molecule has 2 fully saturated rings. The lowest BCUT2D eigenvalue weighted by Gasteiger charge is -2.32. The first kappa shape index (κ1) is 22.7. The smallest absolute Gasteiger partial charge is 0.238 e. The number of carbonyl (C=O) groups excluding carboxylic acids is 2. The van der Waals surface area contributed by atoms with Crippen LogP contribution in [0.25, 0.3) is 0 Å². The van der Waals surface area contributed by atoms with Gasteiger partial charge in [0, 0.05) is 18.8 Å².